The van der Waals surface area contributed by atoms with Gasteiger partial charge in [-0.05, 0) is 29.7 Å². The van der Waals surface area contributed by atoms with E-state index in [1.165, 1.54) is 0 Å². The molecule has 0 amide bonds. The van der Waals surface area contributed by atoms with Gasteiger partial charge in [-0.1, -0.05) is 0 Å². The van der Waals surface area contributed by atoms with E-state index in [0.717, 1.165) is 6.07 Å². The Hall–Kier alpha value is -2.63. The molecule has 0 atom stereocenters. The highest BCUT2D eigenvalue weighted by Gasteiger charge is 2.25. The Morgan fingerprint density at radius 1 is 0.793 bits per heavy atom. The van der Waals surface area contributed by atoms with Crippen LogP contribution in [0.3, 0.4) is 0 Å². The second-order valence-corrected chi connectivity index (χ2v) is 9.65. The molecule has 0 aliphatic carbocycles. The Morgan fingerprint density at radius 2 is 1.41 bits per heavy atom. The molecule has 0 saturated heterocycles. The van der Waals surface area contributed by atoms with Crippen molar-refractivity contribution in [2.45, 2.75) is 14.7 Å². The predicted molar refractivity (Wildman–Crippen MR) is 91.0 cm³/mol. The summed E-state index contributed by atoms with van der Waals surface area (Å²) in [7, 11) is -15.1. The lowest BCUT2D eigenvalue weighted by Crippen LogP contribution is -2.07. The highest BCUT2D eigenvalue weighted by atomic mass is 32.2. The van der Waals surface area contributed by atoms with Crippen molar-refractivity contribution >= 4 is 41.1 Å². The Balaban J connectivity index is 2.57. The van der Waals surface area contributed by atoms with Crippen LogP contribution in [0.4, 0.5) is 4.39 Å². The average Bonchev–Trinajstić information content (AvgIpc) is 2.57. The molecule has 12 nitrogen and oxygen atoms in total. The maximum absolute atomic E-state index is 13.3. The number of fused-ring (bicyclic) bond motifs is 1. The highest BCUT2D eigenvalue weighted by molar-refractivity contribution is 7.87. The highest BCUT2D eigenvalue weighted by Crippen LogP contribution is 2.34. The summed E-state index contributed by atoms with van der Waals surface area (Å²) in [5, 5.41) is -0.870. The third-order valence-electron chi connectivity index (χ3n) is 3.58. The van der Waals surface area contributed by atoms with Crippen LogP contribution >= 0.6 is 0 Å². The standard InChI is InChI=1S/C13H7FN3O9S3/c14-13-16-5-15-12(17-13)9-4-8-6(2-10(9)28(21,22)23)1-7(27(18,19)20)3-11(8)29(24,25)26/h1-4H,(H,18,19,20)(H,21,22,23)(H,24,25,26). The summed E-state index contributed by atoms with van der Waals surface area (Å²) in [5.41, 5.74) is -0.595. The molecule has 0 aliphatic rings. The minimum absolute atomic E-state index is 0.421. The van der Waals surface area contributed by atoms with Crippen molar-refractivity contribution in [2.75, 3.05) is 0 Å². The summed E-state index contributed by atoms with van der Waals surface area (Å²) >= 11 is 0. The van der Waals surface area contributed by atoms with Gasteiger partial charge in [0.2, 0.25) is 6.33 Å². The number of nitrogens with zero attached hydrogens (tertiary/aromatic N) is 3. The van der Waals surface area contributed by atoms with Gasteiger partial charge in [-0.2, -0.15) is 39.6 Å². The zero-order valence-corrected chi connectivity index (χ0v) is 16.0. The van der Waals surface area contributed by atoms with Crippen LogP contribution in [0.2, 0.25) is 0 Å². The molecule has 3 N–H and O–H groups in total. The third-order valence-corrected chi connectivity index (χ3v) is 6.20. The van der Waals surface area contributed by atoms with E-state index in [1.807, 2.05) is 6.33 Å². The van der Waals surface area contributed by atoms with Gasteiger partial charge in [-0.25, -0.2) is 4.98 Å². The fourth-order valence-electron chi connectivity index (χ4n) is 2.45. The molecule has 3 aromatic rings. The van der Waals surface area contributed by atoms with E-state index < -0.39 is 73.3 Å². The Morgan fingerprint density at radius 3 is 1.93 bits per heavy atom. The molecule has 1 aromatic heterocycles. The van der Waals surface area contributed by atoms with Crippen LogP contribution in [-0.4, -0.2) is 53.9 Å². The Kier molecular flexibility index (Phi) is 4.88. The van der Waals surface area contributed by atoms with Crippen LogP contribution in [0, 0.1) is 12.4 Å². The second-order valence-electron chi connectivity index (χ2n) is 5.44. The predicted octanol–water partition coefficient (Wildman–Crippen LogP) is 0.371. The molecule has 0 spiro atoms. The maximum atomic E-state index is 13.3. The quantitative estimate of drug-likeness (QED) is 0.448. The molecule has 1 radical (unpaired) electrons. The van der Waals surface area contributed by atoms with Crippen molar-refractivity contribution < 1.29 is 43.3 Å². The van der Waals surface area contributed by atoms with Crippen LogP contribution in [0.5, 0.6) is 0 Å². The van der Waals surface area contributed by atoms with Gasteiger partial charge in [0.15, 0.2) is 5.82 Å². The molecule has 0 saturated carbocycles. The maximum Gasteiger partial charge on any atom is 0.312 e. The lowest BCUT2D eigenvalue weighted by Gasteiger charge is -2.12. The summed E-state index contributed by atoms with van der Waals surface area (Å²) in [5.74, 6) is -0.660. The SMILES string of the molecule is O=S(=O)(O)c1cc(S(=O)(=O)O)c2cc(-c3n[c]nc(F)n3)c(S(=O)(=O)O)cc2c1. The summed E-state index contributed by atoms with van der Waals surface area (Å²) in [4.78, 5) is 6.67. The average molecular weight is 464 g/mol. The molecule has 153 valence electrons. The van der Waals surface area contributed by atoms with E-state index in [0.29, 0.717) is 18.2 Å². The number of hydrogen-bond acceptors (Lipinski definition) is 9. The molecule has 1 heterocycles. The van der Waals surface area contributed by atoms with Gasteiger partial charge in [0, 0.05) is 10.9 Å². The molecular formula is C13H7FN3O9S3. The van der Waals surface area contributed by atoms with Gasteiger partial charge < -0.3 is 0 Å². The van der Waals surface area contributed by atoms with Crippen molar-refractivity contribution in [3.8, 4) is 11.4 Å². The smallest absolute Gasteiger partial charge is 0.282 e. The first-order valence-electron chi connectivity index (χ1n) is 7.00. The van der Waals surface area contributed by atoms with E-state index in [1.54, 1.807) is 0 Å². The van der Waals surface area contributed by atoms with Crippen molar-refractivity contribution in [3.63, 3.8) is 0 Å². The van der Waals surface area contributed by atoms with Crippen molar-refractivity contribution in [3.05, 3.63) is 36.7 Å². The molecule has 16 heteroatoms. The van der Waals surface area contributed by atoms with Crippen LogP contribution in [0.15, 0.2) is 39.0 Å². The summed E-state index contributed by atoms with van der Waals surface area (Å²) in [6, 6.07) is 2.50. The van der Waals surface area contributed by atoms with E-state index in [-0.39, 0.29) is 0 Å². The van der Waals surface area contributed by atoms with Crippen molar-refractivity contribution in [2.24, 2.45) is 0 Å². The van der Waals surface area contributed by atoms with Crippen molar-refractivity contribution in [1.82, 2.24) is 15.0 Å². The minimum atomic E-state index is -5.09. The van der Waals surface area contributed by atoms with E-state index >= 15 is 0 Å². The van der Waals surface area contributed by atoms with Crippen LogP contribution in [0.1, 0.15) is 0 Å². The molecule has 2 aromatic carbocycles. The summed E-state index contributed by atoms with van der Waals surface area (Å²) < 4.78 is 111. The van der Waals surface area contributed by atoms with E-state index in [2.05, 4.69) is 15.0 Å². The topological polar surface area (TPSA) is 202 Å². The zero-order valence-electron chi connectivity index (χ0n) is 13.5. The lowest BCUT2D eigenvalue weighted by atomic mass is 10.1. The number of rotatable bonds is 4. The fraction of sp³-hybridized carbons (Fsp3) is 0. The minimum Gasteiger partial charge on any atom is -0.282 e. The first-order chi connectivity index (χ1) is 13.2. The number of halogens is 1. The Bertz CT molecular complexity index is 1490. The second kappa shape index (κ2) is 6.71. The van der Waals surface area contributed by atoms with Gasteiger partial charge in [0.25, 0.3) is 30.4 Å². The lowest BCUT2D eigenvalue weighted by molar-refractivity contribution is 0.480. The molecule has 0 aliphatic heterocycles. The molecule has 0 unspecified atom stereocenters. The zero-order chi connectivity index (χ0) is 21.8. The van der Waals surface area contributed by atoms with E-state index in [4.69, 9.17) is 0 Å². The molecule has 3 rings (SSSR count). The van der Waals surface area contributed by atoms with Crippen molar-refractivity contribution in [1.29, 1.82) is 0 Å². The molecule has 29 heavy (non-hydrogen) atoms. The van der Waals surface area contributed by atoms with Gasteiger partial charge >= 0.3 is 6.08 Å². The summed E-state index contributed by atoms with van der Waals surface area (Å²) in [6.45, 7) is 0. The third kappa shape index (κ3) is 4.21. The largest absolute Gasteiger partial charge is 0.312 e. The van der Waals surface area contributed by atoms with E-state index in [9.17, 15) is 43.3 Å². The summed E-state index contributed by atoms with van der Waals surface area (Å²) in [6.07, 6.45) is 0.467. The molecule has 0 fully saturated rings. The first-order valence-corrected chi connectivity index (χ1v) is 11.3. The molecule has 0 bridgehead atoms. The van der Waals surface area contributed by atoms with Crippen LogP contribution in [-0.2, 0) is 30.4 Å². The normalized spacial score (nSPS) is 13.0. The van der Waals surface area contributed by atoms with Gasteiger partial charge in [-0.3, -0.25) is 13.7 Å². The van der Waals surface area contributed by atoms with Gasteiger partial charge in [0.05, 0.1) is 4.90 Å². The number of benzene rings is 2. The molecular weight excluding hydrogens is 457 g/mol. The Labute approximate surface area is 162 Å². The number of aromatic nitrogens is 3. The monoisotopic (exact) mass is 464 g/mol. The van der Waals surface area contributed by atoms with Gasteiger partial charge in [0.1, 0.15) is 9.79 Å². The van der Waals surface area contributed by atoms with Crippen LogP contribution < -0.4 is 0 Å². The number of hydrogen-bond donors (Lipinski definition) is 3. The van der Waals surface area contributed by atoms with Gasteiger partial charge in [-0.15, -0.1) is 0 Å². The van der Waals surface area contributed by atoms with Crippen LogP contribution in [0.25, 0.3) is 22.2 Å². The fourth-order valence-corrected chi connectivity index (χ4v) is 4.50. The first kappa shape index (κ1) is 21.1.